The van der Waals surface area contributed by atoms with Gasteiger partial charge in [0.2, 0.25) is 0 Å². The topological polar surface area (TPSA) is 32.1 Å². The standard InChI is InChI=1S/C19H23NO3/c1-2-6-17(7-3-1)16-23-19-9-5-4-8-18(19)22-15-12-20-10-13-21-14-11-20/h1-9H,10-16H2/p+1. The molecule has 4 heteroatoms. The van der Waals surface area contributed by atoms with Crippen molar-refractivity contribution in [3.8, 4) is 11.5 Å². The third kappa shape index (κ3) is 4.98. The Morgan fingerprint density at radius 2 is 1.48 bits per heavy atom. The van der Waals surface area contributed by atoms with Crippen LogP contribution >= 0.6 is 0 Å². The molecule has 0 radical (unpaired) electrons. The summed E-state index contributed by atoms with van der Waals surface area (Å²) in [7, 11) is 0. The van der Waals surface area contributed by atoms with Crippen LogP contribution in [0.5, 0.6) is 11.5 Å². The summed E-state index contributed by atoms with van der Waals surface area (Å²) in [6, 6.07) is 18.0. The Morgan fingerprint density at radius 1 is 0.826 bits per heavy atom. The third-order valence-electron chi connectivity index (χ3n) is 4.00. The first-order chi connectivity index (χ1) is 11.4. The summed E-state index contributed by atoms with van der Waals surface area (Å²) >= 11 is 0. The van der Waals surface area contributed by atoms with Crippen molar-refractivity contribution in [2.24, 2.45) is 0 Å². The van der Waals surface area contributed by atoms with Gasteiger partial charge in [0, 0.05) is 0 Å². The Hall–Kier alpha value is -2.04. The number of nitrogens with one attached hydrogen (secondary N) is 1. The zero-order valence-corrected chi connectivity index (χ0v) is 13.4. The van der Waals surface area contributed by atoms with E-state index in [0.29, 0.717) is 13.2 Å². The molecule has 0 aromatic heterocycles. The summed E-state index contributed by atoms with van der Waals surface area (Å²) < 4.78 is 17.2. The van der Waals surface area contributed by atoms with E-state index in [1.54, 1.807) is 4.90 Å². The first-order valence-electron chi connectivity index (χ1n) is 8.22. The average Bonchev–Trinajstić information content (AvgIpc) is 2.63. The molecule has 0 aliphatic carbocycles. The maximum Gasteiger partial charge on any atom is 0.161 e. The molecule has 2 aromatic carbocycles. The van der Waals surface area contributed by atoms with E-state index in [4.69, 9.17) is 14.2 Å². The largest absolute Gasteiger partial charge is 0.485 e. The molecule has 1 saturated heterocycles. The first kappa shape index (κ1) is 15.8. The smallest absolute Gasteiger partial charge is 0.161 e. The molecule has 0 unspecified atom stereocenters. The predicted molar refractivity (Wildman–Crippen MR) is 89.1 cm³/mol. The summed E-state index contributed by atoms with van der Waals surface area (Å²) in [5.41, 5.74) is 1.15. The van der Waals surface area contributed by atoms with Crippen LogP contribution in [0.3, 0.4) is 0 Å². The SMILES string of the molecule is c1ccc(COc2ccccc2OCC[NH+]2CCOCC2)cc1. The van der Waals surface area contributed by atoms with E-state index in [1.807, 2.05) is 42.5 Å². The van der Waals surface area contributed by atoms with Crippen molar-refractivity contribution in [1.82, 2.24) is 0 Å². The van der Waals surface area contributed by atoms with Gasteiger partial charge >= 0.3 is 0 Å². The van der Waals surface area contributed by atoms with Crippen LogP contribution in [-0.4, -0.2) is 39.5 Å². The second-order valence-electron chi connectivity index (χ2n) is 5.68. The highest BCUT2D eigenvalue weighted by atomic mass is 16.5. The van der Waals surface area contributed by atoms with Gasteiger partial charge in [-0.25, -0.2) is 0 Å². The van der Waals surface area contributed by atoms with Gasteiger partial charge in [0.1, 0.15) is 32.8 Å². The number of para-hydroxylation sites is 2. The Kier molecular flexibility index (Phi) is 5.89. The number of benzene rings is 2. The number of hydrogen-bond donors (Lipinski definition) is 1. The van der Waals surface area contributed by atoms with Crippen molar-refractivity contribution in [3.05, 3.63) is 60.2 Å². The highest BCUT2D eigenvalue weighted by Crippen LogP contribution is 2.27. The molecule has 0 amide bonds. The molecule has 0 saturated carbocycles. The highest BCUT2D eigenvalue weighted by Gasteiger charge is 2.14. The summed E-state index contributed by atoms with van der Waals surface area (Å²) in [5.74, 6) is 1.62. The van der Waals surface area contributed by atoms with Crippen LogP contribution in [0.4, 0.5) is 0 Å². The van der Waals surface area contributed by atoms with Crippen molar-refractivity contribution in [2.45, 2.75) is 6.61 Å². The lowest BCUT2D eigenvalue weighted by molar-refractivity contribution is -0.908. The lowest BCUT2D eigenvalue weighted by Gasteiger charge is -2.23. The minimum absolute atomic E-state index is 0.552. The molecule has 2 aromatic rings. The molecule has 3 rings (SSSR count). The van der Waals surface area contributed by atoms with Gasteiger partial charge in [-0.3, -0.25) is 0 Å². The Morgan fingerprint density at radius 3 is 2.22 bits per heavy atom. The normalized spacial score (nSPS) is 15.3. The average molecular weight is 314 g/mol. The summed E-state index contributed by atoms with van der Waals surface area (Å²) in [6.07, 6.45) is 0. The molecule has 1 heterocycles. The molecule has 0 bridgehead atoms. The van der Waals surface area contributed by atoms with Gasteiger partial charge in [0.15, 0.2) is 11.5 Å². The minimum atomic E-state index is 0.552. The first-order valence-corrected chi connectivity index (χ1v) is 8.22. The molecule has 1 N–H and O–H groups in total. The zero-order valence-electron chi connectivity index (χ0n) is 13.4. The van der Waals surface area contributed by atoms with Crippen LogP contribution in [0.1, 0.15) is 5.56 Å². The molecule has 0 atom stereocenters. The lowest BCUT2D eigenvalue weighted by Crippen LogP contribution is -3.14. The van der Waals surface area contributed by atoms with Crippen LogP contribution in [-0.2, 0) is 11.3 Å². The Labute approximate surface area is 137 Å². The fraction of sp³-hybridized carbons (Fsp3) is 0.368. The van der Waals surface area contributed by atoms with Crippen molar-refractivity contribution in [3.63, 3.8) is 0 Å². The van der Waals surface area contributed by atoms with Crippen molar-refractivity contribution >= 4 is 0 Å². The third-order valence-corrected chi connectivity index (χ3v) is 4.00. The maximum absolute atomic E-state index is 5.94. The maximum atomic E-state index is 5.94. The van der Waals surface area contributed by atoms with Gasteiger partial charge in [-0.15, -0.1) is 0 Å². The molecule has 4 nitrogen and oxygen atoms in total. The second-order valence-corrected chi connectivity index (χ2v) is 5.68. The van der Waals surface area contributed by atoms with Gasteiger partial charge < -0.3 is 19.1 Å². The van der Waals surface area contributed by atoms with E-state index in [-0.39, 0.29) is 0 Å². The monoisotopic (exact) mass is 314 g/mol. The minimum Gasteiger partial charge on any atom is -0.485 e. The van der Waals surface area contributed by atoms with Gasteiger partial charge in [-0.1, -0.05) is 42.5 Å². The van der Waals surface area contributed by atoms with Crippen LogP contribution < -0.4 is 14.4 Å². The Bertz CT molecular complexity index is 582. The fourth-order valence-corrected chi connectivity index (χ4v) is 2.64. The summed E-state index contributed by atoms with van der Waals surface area (Å²) in [5, 5.41) is 0. The quantitative estimate of drug-likeness (QED) is 0.842. The van der Waals surface area contributed by atoms with Crippen molar-refractivity contribution in [1.29, 1.82) is 0 Å². The summed E-state index contributed by atoms with van der Waals surface area (Å²) in [4.78, 5) is 1.54. The number of morpholine rings is 1. The van der Waals surface area contributed by atoms with E-state index in [0.717, 1.165) is 49.9 Å². The van der Waals surface area contributed by atoms with Gasteiger partial charge in [-0.2, -0.15) is 0 Å². The van der Waals surface area contributed by atoms with Crippen LogP contribution in [0, 0.1) is 0 Å². The fourth-order valence-electron chi connectivity index (χ4n) is 2.64. The van der Waals surface area contributed by atoms with Crippen LogP contribution in [0.15, 0.2) is 54.6 Å². The number of rotatable bonds is 7. The molecule has 23 heavy (non-hydrogen) atoms. The molecular weight excluding hydrogens is 290 g/mol. The molecule has 122 valence electrons. The molecule has 1 fully saturated rings. The van der Waals surface area contributed by atoms with Gasteiger partial charge in [0.05, 0.1) is 13.2 Å². The number of quaternary nitrogens is 1. The Balaban J connectivity index is 1.50. The highest BCUT2D eigenvalue weighted by molar-refractivity contribution is 5.39. The molecular formula is C19H24NO3+. The predicted octanol–water partition coefficient (Wildman–Crippen LogP) is 1.56. The summed E-state index contributed by atoms with van der Waals surface area (Å²) in [6.45, 7) is 6.08. The van der Waals surface area contributed by atoms with Gasteiger partial charge in [-0.05, 0) is 17.7 Å². The van der Waals surface area contributed by atoms with E-state index < -0.39 is 0 Å². The van der Waals surface area contributed by atoms with Gasteiger partial charge in [0.25, 0.3) is 0 Å². The van der Waals surface area contributed by atoms with E-state index in [9.17, 15) is 0 Å². The van der Waals surface area contributed by atoms with Crippen molar-refractivity contribution in [2.75, 3.05) is 39.5 Å². The van der Waals surface area contributed by atoms with Crippen LogP contribution in [0.25, 0.3) is 0 Å². The molecule has 1 aliphatic heterocycles. The second kappa shape index (κ2) is 8.56. The van der Waals surface area contributed by atoms with Crippen molar-refractivity contribution < 1.29 is 19.1 Å². The van der Waals surface area contributed by atoms with E-state index in [2.05, 4.69) is 12.1 Å². The number of ether oxygens (including phenoxy) is 3. The van der Waals surface area contributed by atoms with E-state index in [1.165, 1.54) is 0 Å². The van der Waals surface area contributed by atoms with Crippen LogP contribution in [0.2, 0.25) is 0 Å². The molecule has 0 spiro atoms. The number of hydrogen-bond acceptors (Lipinski definition) is 3. The molecule has 1 aliphatic rings. The zero-order chi connectivity index (χ0) is 15.7. The lowest BCUT2D eigenvalue weighted by atomic mass is 10.2. The van der Waals surface area contributed by atoms with E-state index >= 15 is 0 Å².